The van der Waals surface area contributed by atoms with E-state index in [1.54, 1.807) is 6.92 Å². The number of likely N-dealkylation sites (tertiary alicyclic amines) is 1. The lowest BCUT2D eigenvalue weighted by atomic mass is 9.98. The van der Waals surface area contributed by atoms with Gasteiger partial charge in [-0.3, -0.25) is 9.59 Å². The van der Waals surface area contributed by atoms with E-state index in [1.807, 2.05) is 4.90 Å². The average Bonchev–Trinajstić information content (AvgIpc) is 2.48. The van der Waals surface area contributed by atoms with Crippen molar-refractivity contribution >= 4 is 11.8 Å². The molecule has 0 spiro atoms. The van der Waals surface area contributed by atoms with E-state index >= 15 is 0 Å². The summed E-state index contributed by atoms with van der Waals surface area (Å²) in [6.45, 7) is 5.20. The van der Waals surface area contributed by atoms with Gasteiger partial charge in [0.1, 0.15) is 6.04 Å². The zero-order valence-corrected chi connectivity index (χ0v) is 11.8. The van der Waals surface area contributed by atoms with Crippen molar-refractivity contribution in [2.75, 3.05) is 26.2 Å². The Labute approximate surface area is 115 Å². The molecule has 0 aromatic carbocycles. The number of nitrogens with one attached hydrogen (secondary N) is 2. The number of nitrogens with zero attached hydrogens (tertiary/aromatic N) is 1. The summed E-state index contributed by atoms with van der Waals surface area (Å²) in [5.74, 6) is 0.104. The molecule has 2 rings (SSSR count). The van der Waals surface area contributed by atoms with Crippen LogP contribution in [0.15, 0.2) is 0 Å². The molecule has 2 amide bonds. The molecule has 5 nitrogen and oxygen atoms in total. The number of hydrogen-bond acceptors (Lipinski definition) is 3. The second kappa shape index (κ2) is 6.89. The van der Waals surface area contributed by atoms with Gasteiger partial charge in [-0.25, -0.2) is 0 Å². The fourth-order valence-electron chi connectivity index (χ4n) is 2.86. The molecule has 0 aromatic rings. The van der Waals surface area contributed by atoms with Gasteiger partial charge in [0.2, 0.25) is 11.8 Å². The first-order valence-corrected chi connectivity index (χ1v) is 7.48. The molecule has 2 saturated heterocycles. The standard InChI is InChI=1S/C14H25N3O2/c1-11(14(19)17-8-3-2-4-9-17)16-13(18)12-6-5-7-15-10-12/h11-12,15H,2-10H2,1H3,(H,16,18). The summed E-state index contributed by atoms with van der Waals surface area (Å²) in [4.78, 5) is 26.2. The van der Waals surface area contributed by atoms with Crippen LogP contribution >= 0.6 is 0 Å². The van der Waals surface area contributed by atoms with Crippen LogP contribution in [0.4, 0.5) is 0 Å². The molecule has 2 atom stereocenters. The first-order chi connectivity index (χ1) is 9.18. The smallest absolute Gasteiger partial charge is 0.244 e. The molecule has 108 valence electrons. The molecule has 2 heterocycles. The van der Waals surface area contributed by atoms with Crippen molar-refractivity contribution < 1.29 is 9.59 Å². The van der Waals surface area contributed by atoms with Gasteiger partial charge in [-0.05, 0) is 45.6 Å². The molecular formula is C14H25N3O2. The van der Waals surface area contributed by atoms with Gasteiger partial charge in [0.05, 0.1) is 5.92 Å². The van der Waals surface area contributed by atoms with Crippen LogP contribution in [0.1, 0.15) is 39.0 Å². The normalized spacial score (nSPS) is 25.7. The minimum absolute atomic E-state index is 0.0186. The third-order valence-corrected chi connectivity index (χ3v) is 4.06. The quantitative estimate of drug-likeness (QED) is 0.783. The van der Waals surface area contributed by atoms with Crippen LogP contribution in [-0.4, -0.2) is 48.9 Å². The largest absolute Gasteiger partial charge is 0.344 e. The van der Waals surface area contributed by atoms with Gasteiger partial charge >= 0.3 is 0 Å². The predicted molar refractivity (Wildman–Crippen MR) is 73.6 cm³/mol. The molecule has 0 saturated carbocycles. The topological polar surface area (TPSA) is 61.4 Å². The first kappa shape index (κ1) is 14.3. The van der Waals surface area contributed by atoms with E-state index in [1.165, 1.54) is 6.42 Å². The van der Waals surface area contributed by atoms with Gasteiger partial charge in [0.25, 0.3) is 0 Å². The highest BCUT2D eigenvalue weighted by atomic mass is 16.2. The van der Waals surface area contributed by atoms with Crippen molar-refractivity contribution in [2.24, 2.45) is 5.92 Å². The summed E-state index contributed by atoms with van der Waals surface area (Å²) < 4.78 is 0. The first-order valence-electron chi connectivity index (χ1n) is 7.48. The van der Waals surface area contributed by atoms with Crippen molar-refractivity contribution in [3.8, 4) is 0 Å². The Balaban J connectivity index is 1.80. The van der Waals surface area contributed by atoms with Gasteiger partial charge in [-0.1, -0.05) is 0 Å². The second-order valence-electron chi connectivity index (χ2n) is 5.66. The molecule has 0 radical (unpaired) electrons. The minimum Gasteiger partial charge on any atom is -0.344 e. The van der Waals surface area contributed by atoms with E-state index in [2.05, 4.69) is 10.6 Å². The Morgan fingerprint density at radius 3 is 2.58 bits per heavy atom. The van der Waals surface area contributed by atoms with Crippen LogP contribution in [0.25, 0.3) is 0 Å². The molecule has 2 N–H and O–H groups in total. The molecular weight excluding hydrogens is 242 g/mol. The van der Waals surface area contributed by atoms with Gasteiger partial charge in [0.15, 0.2) is 0 Å². The molecule has 2 unspecified atom stereocenters. The number of rotatable bonds is 3. The third kappa shape index (κ3) is 3.93. The van der Waals surface area contributed by atoms with Gasteiger partial charge in [-0.15, -0.1) is 0 Å². The van der Waals surface area contributed by atoms with E-state index < -0.39 is 6.04 Å². The fourth-order valence-corrected chi connectivity index (χ4v) is 2.86. The van der Waals surface area contributed by atoms with E-state index in [4.69, 9.17) is 0 Å². The molecule has 19 heavy (non-hydrogen) atoms. The maximum absolute atomic E-state index is 12.2. The predicted octanol–water partition coefficient (Wildman–Crippen LogP) is 0.503. The molecule has 5 heteroatoms. The Hall–Kier alpha value is -1.10. The SMILES string of the molecule is CC(NC(=O)C1CCCNC1)C(=O)N1CCCCC1. The Morgan fingerprint density at radius 2 is 1.95 bits per heavy atom. The minimum atomic E-state index is -0.396. The number of amides is 2. The molecule has 2 aliphatic heterocycles. The summed E-state index contributed by atoms with van der Waals surface area (Å²) in [7, 11) is 0. The molecule has 0 aromatic heterocycles. The van der Waals surface area contributed by atoms with Crippen molar-refractivity contribution in [1.82, 2.24) is 15.5 Å². The second-order valence-corrected chi connectivity index (χ2v) is 5.66. The number of piperidine rings is 2. The van der Waals surface area contributed by atoms with Crippen molar-refractivity contribution in [2.45, 2.75) is 45.1 Å². The highest BCUT2D eigenvalue weighted by Gasteiger charge is 2.27. The maximum atomic E-state index is 12.2. The average molecular weight is 267 g/mol. The van der Waals surface area contributed by atoms with Crippen molar-refractivity contribution in [3.05, 3.63) is 0 Å². The fraction of sp³-hybridized carbons (Fsp3) is 0.857. The van der Waals surface area contributed by atoms with Crippen LogP contribution in [0.5, 0.6) is 0 Å². The summed E-state index contributed by atoms with van der Waals surface area (Å²) in [6, 6.07) is -0.396. The molecule has 2 fully saturated rings. The molecule has 2 aliphatic rings. The van der Waals surface area contributed by atoms with Crippen LogP contribution in [0.2, 0.25) is 0 Å². The van der Waals surface area contributed by atoms with Crippen LogP contribution in [-0.2, 0) is 9.59 Å². The number of carbonyl (C=O) groups excluding carboxylic acids is 2. The van der Waals surface area contributed by atoms with Gasteiger partial charge in [-0.2, -0.15) is 0 Å². The number of hydrogen-bond donors (Lipinski definition) is 2. The van der Waals surface area contributed by atoms with Crippen molar-refractivity contribution in [1.29, 1.82) is 0 Å². The maximum Gasteiger partial charge on any atom is 0.244 e. The summed E-state index contributed by atoms with van der Waals surface area (Å²) in [6.07, 6.45) is 5.33. The zero-order valence-electron chi connectivity index (χ0n) is 11.8. The van der Waals surface area contributed by atoms with E-state index in [0.717, 1.165) is 51.9 Å². The van der Waals surface area contributed by atoms with Crippen LogP contribution in [0, 0.1) is 5.92 Å². The summed E-state index contributed by atoms with van der Waals surface area (Å²) >= 11 is 0. The van der Waals surface area contributed by atoms with E-state index in [9.17, 15) is 9.59 Å². The lowest BCUT2D eigenvalue weighted by molar-refractivity contribution is -0.137. The Kier molecular flexibility index (Phi) is 5.19. The zero-order chi connectivity index (χ0) is 13.7. The molecule has 0 bridgehead atoms. The molecule has 0 aliphatic carbocycles. The number of carbonyl (C=O) groups is 2. The van der Waals surface area contributed by atoms with Gasteiger partial charge < -0.3 is 15.5 Å². The van der Waals surface area contributed by atoms with Crippen LogP contribution in [0.3, 0.4) is 0 Å². The highest BCUT2D eigenvalue weighted by Crippen LogP contribution is 2.12. The Morgan fingerprint density at radius 1 is 1.21 bits per heavy atom. The highest BCUT2D eigenvalue weighted by molar-refractivity contribution is 5.88. The van der Waals surface area contributed by atoms with E-state index in [-0.39, 0.29) is 17.7 Å². The van der Waals surface area contributed by atoms with Gasteiger partial charge in [0, 0.05) is 19.6 Å². The summed E-state index contributed by atoms with van der Waals surface area (Å²) in [5.41, 5.74) is 0. The van der Waals surface area contributed by atoms with E-state index in [0.29, 0.717) is 0 Å². The Bertz CT molecular complexity index is 321. The lowest BCUT2D eigenvalue weighted by Gasteiger charge is -2.30. The third-order valence-electron chi connectivity index (χ3n) is 4.06. The monoisotopic (exact) mass is 267 g/mol. The van der Waals surface area contributed by atoms with Crippen molar-refractivity contribution in [3.63, 3.8) is 0 Å². The lowest BCUT2D eigenvalue weighted by Crippen LogP contribution is -2.51. The summed E-state index contributed by atoms with van der Waals surface area (Å²) in [5, 5.41) is 6.10. The van der Waals surface area contributed by atoms with Crippen LogP contribution < -0.4 is 10.6 Å².